The van der Waals surface area contributed by atoms with E-state index in [1.165, 1.54) is 19.1 Å². The first-order valence-electron chi connectivity index (χ1n) is 10.3. The van der Waals surface area contributed by atoms with E-state index in [4.69, 9.17) is 9.57 Å². The van der Waals surface area contributed by atoms with Crippen molar-refractivity contribution < 1.29 is 46.2 Å². The van der Waals surface area contributed by atoms with Crippen molar-refractivity contribution in [2.75, 3.05) is 0 Å². The molecule has 2 heterocycles. The quantitative estimate of drug-likeness (QED) is 0.295. The minimum atomic E-state index is -2.32. The molecule has 1 spiro atoms. The highest BCUT2D eigenvalue weighted by molar-refractivity contribution is 6.06. The predicted molar refractivity (Wildman–Crippen MR) is 100 cm³/mol. The zero-order valence-corrected chi connectivity index (χ0v) is 17.4. The van der Waals surface area contributed by atoms with Gasteiger partial charge in [0.05, 0.1) is 17.2 Å². The van der Waals surface area contributed by atoms with Gasteiger partial charge in [-0.2, -0.15) is 0 Å². The summed E-state index contributed by atoms with van der Waals surface area (Å²) in [6.07, 6.45) is 1.38. The first kappa shape index (κ1) is 22.0. The first-order valence-corrected chi connectivity index (χ1v) is 10.3. The van der Waals surface area contributed by atoms with Crippen molar-refractivity contribution >= 4 is 17.5 Å². The van der Waals surface area contributed by atoms with E-state index in [1.54, 1.807) is 6.92 Å². The number of halogens is 5. The van der Waals surface area contributed by atoms with Crippen LogP contribution in [0.25, 0.3) is 0 Å². The molecule has 0 radical (unpaired) electrons. The summed E-state index contributed by atoms with van der Waals surface area (Å²) in [4.78, 5) is 31.2. The lowest BCUT2D eigenvalue weighted by Crippen LogP contribution is -2.57. The van der Waals surface area contributed by atoms with Gasteiger partial charge in [0.2, 0.25) is 11.4 Å². The zero-order chi connectivity index (χ0) is 24.1. The van der Waals surface area contributed by atoms with Crippen LogP contribution in [0.1, 0.15) is 38.7 Å². The Morgan fingerprint density at radius 3 is 2.27 bits per heavy atom. The summed E-state index contributed by atoms with van der Waals surface area (Å²) in [6, 6.07) is 0. The third kappa shape index (κ3) is 2.43. The minimum absolute atomic E-state index is 0.219. The van der Waals surface area contributed by atoms with Crippen molar-refractivity contribution in [2.24, 2.45) is 22.4 Å². The van der Waals surface area contributed by atoms with Crippen LogP contribution in [0.15, 0.2) is 17.3 Å². The number of carbonyl (C=O) groups excluding carboxylic acids is 2. The number of hydrogen-bond donors (Lipinski definition) is 1. The molecule has 2 aliphatic carbocycles. The smallest absolute Gasteiger partial charge is 0.354 e. The fourth-order valence-corrected chi connectivity index (χ4v) is 5.79. The summed E-state index contributed by atoms with van der Waals surface area (Å²) >= 11 is 0. The molecule has 4 aliphatic rings. The van der Waals surface area contributed by atoms with E-state index in [9.17, 15) is 36.6 Å². The third-order valence-electron chi connectivity index (χ3n) is 7.85. The average Bonchev–Trinajstić information content (AvgIpc) is 3.39. The normalized spacial score (nSPS) is 39.3. The van der Waals surface area contributed by atoms with Gasteiger partial charge in [-0.05, 0) is 37.8 Å². The molecule has 1 N–H and O–H groups in total. The lowest BCUT2D eigenvalue weighted by Gasteiger charge is -2.43. The molecule has 0 bridgehead atoms. The lowest BCUT2D eigenvalue weighted by molar-refractivity contribution is -0.169. The maximum absolute atomic E-state index is 14.4. The summed E-state index contributed by atoms with van der Waals surface area (Å²) in [7, 11) is 0. The van der Waals surface area contributed by atoms with E-state index in [2.05, 4.69) is 5.16 Å². The van der Waals surface area contributed by atoms with E-state index in [0.717, 1.165) is 0 Å². The van der Waals surface area contributed by atoms with Crippen LogP contribution in [-0.4, -0.2) is 39.9 Å². The maximum atomic E-state index is 14.4. The number of allylic oxidation sites excluding steroid dienone is 1. The number of aliphatic hydroxyl groups is 1. The Labute approximate surface area is 184 Å². The van der Waals surface area contributed by atoms with Crippen molar-refractivity contribution in [3.63, 3.8) is 0 Å². The zero-order valence-electron chi connectivity index (χ0n) is 17.4. The largest absolute Gasteiger partial charge is 0.458 e. The van der Waals surface area contributed by atoms with Gasteiger partial charge in [0.15, 0.2) is 29.1 Å². The van der Waals surface area contributed by atoms with Crippen molar-refractivity contribution in [1.29, 1.82) is 0 Å². The second-order valence-electron chi connectivity index (χ2n) is 9.28. The van der Waals surface area contributed by atoms with E-state index in [-0.39, 0.29) is 6.42 Å². The van der Waals surface area contributed by atoms with Gasteiger partial charge < -0.3 is 14.7 Å². The van der Waals surface area contributed by atoms with Crippen LogP contribution < -0.4 is 0 Å². The number of carbonyl (C=O) groups is 2. The molecule has 1 saturated carbocycles. The standard InChI is InChI=1S/C22H18F5NO5/c1-8-3-4-9-18(20(2)11(29)5-6-22(8,20)31)32-19(30)21(9)7-10(28-33-21)12-13(23)15(25)17(27)16(26)14(12)24/h5-6,8-9,18,31H,3-4,7H2,1-2H3/t8-,9?,18?,20-,21?,22+/m0/s1. The Hall–Kier alpha value is -2.82. The number of rotatable bonds is 1. The highest BCUT2D eigenvalue weighted by Gasteiger charge is 2.73. The van der Waals surface area contributed by atoms with Crippen LogP contribution in [0.2, 0.25) is 0 Å². The maximum Gasteiger partial charge on any atom is 0.354 e. The van der Waals surface area contributed by atoms with Gasteiger partial charge in [-0.1, -0.05) is 12.1 Å². The highest BCUT2D eigenvalue weighted by atomic mass is 19.2. The number of hydrogen-bond acceptors (Lipinski definition) is 6. The Bertz CT molecular complexity index is 1160. The Balaban J connectivity index is 1.57. The van der Waals surface area contributed by atoms with E-state index < -0.39 is 93.1 Å². The third-order valence-corrected chi connectivity index (χ3v) is 7.85. The molecule has 2 fully saturated rings. The lowest BCUT2D eigenvalue weighted by atomic mass is 9.63. The van der Waals surface area contributed by atoms with Crippen molar-refractivity contribution in [3.8, 4) is 0 Å². The molecule has 3 unspecified atom stereocenters. The van der Waals surface area contributed by atoms with Crippen molar-refractivity contribution in [3.05, 3.63) is 46.8 Å². The summed E-state index contributed by atoms with van der Waals surface area (Å²) in [5.41, 5.74) is -7.03. The SMILES string of the molecule is C[C@H]1CCC2C(OC(=O)C23CC(c2c(F)c(F)c(F)c(F)c2F)=NO3)[C@]2(C)C(=O)C=C[C@@]12O. The fourth-order valence-electron chi connectivity index (χ4n) is 5.79. The van der Waals surface area contributed by atoms with Gasteiger partial charge in [-0.3, -0.25) is 4.79 Å². The van der Waals surface area contributed by atoms with E-state index >= 15 is 0 Å². The summed E-state index contributed by atoms with van der Waals surface area (Å²) in [6.45, 7) is 3.21. The molecule has 6 nitrogen and oxygen atoms in total. The number of oxime groups is 1. The second kappa shape index (κ2) is 6.62. The van der Waals surface area contributed by atoms with Gasteiger partial charge in [0, 0.05) is 6.42 Å². The molecule has 1 aromatic carbocycles. The van der Waals surface area contributed by atoms with Crippen LogP contribution in [0.4, 0.5) is 22.0 Å². The number of fused-ring (bicyclic) bond motifs is 4. The second-order valence-corrected chi connectivity index (χ2v) is 9.28. The van der Waals surface area contributed by atoms with Crippen LogP contribution >= 0.6 is 0 Å². The van der Waals surface area contributed by atoms with Crippen LogP contribution in [0.3, 0.4) is 0 Å². The molecule has 33 heavy (non-hydrogen) atoms. The molecule has 6 atom stereocenters. The molecular formula is C22H18F5NO5. The predicted octanol–water partition coefficient (Wildman–Crippen LogP) is 3.09. The van der Waals surface area contributed by atoms with E-state index in [1.807, 2.05) is 0 Å². The van der Waals surface area contributed by atoms with Crippen molar-refractivity contribution in [2.45, 2.75) is 50.4 Å². The number of nitrogens with zero attached hydrogens (tertiary/aromatic N) is 1. The molecule has 176 valence electrons. The fraction of sp³-hybridized carbons (Fsp3) is 0.500. The van der Waals surface area contributed by atoms with E-state index in [0.29, 0.717) is 6.42 Å². The molecular weight excluding hydrogens is 453 g/mol. The minimum Gasteiger partial charge on any atom is -0.458 e. The van der Waals surface area contributed by atoms with Crippen LogP contribution in [-0.2, 0) is 19.2 Å². The Morgan fingerprint density at radius 1 is 1.03 bits per heavy atom. The molecule has 5 rings (SSSR count). The summed E-state index contributed by atoms with van der Waals surface area (Å²) < 4.78 is 75.2. The van der Waals surface area contributed by atoms with Gasteiger partial charge in [0.1, 0.15) is 17.1 Å². The van der Waals surface area contributed by atoms with Gasteiger partial charge in [0.25, 0.3) is 0 Å². The summed E-state index contributed by atoms with van der Waals surface area (Å²) in [5, 5.41) is 14.9. The molecule has 11 heteroatoms. The first-order chi connectivity index (χ1) is 15.4. The van der Waals surface area contributed by atoms with Crippen LogP contribution in [0.5, 0.6) is 0 Å². The number of benzene rings is 1. The average molecular weight is 471 g/mol. The Kier molecular flexibility index (Phi) is 4.41. The number of esters is 1. The highest BCUT2D eigenvalue weighted by Crippen LogP contribution is 2.59. The molecule has 0 amide bonds. The monoisotopic (exact) mass is 471 g/mol. The molecule has 1 aromatic rings. The van der Waals surface area contributed by atoms with Gasteiger partial charge >= 0.3 is 5.97 Å². The van der Waals surface area contributed by atoms with Crippen LogP contribution in [0, 0.1) is 46.3 Å². The van der Waals surface area contributed by atoms with Gasteiger partial charge in [-0.15, -0.1) is 0 Å². The number of ether oxygens (including phenoxy) is 1. The van der Waals surface area contributed by atoms with Crippen molar-refractivity contribution in [1.82, 2.24) is 0 Å². The number of ketones is 1. The molecule has 2 aliphatic heterocycles. The molecule has 0 aromatic heterocycles. The summed E-state index contributed by atoms with van der Waals surface area (Å²) in [5.74, 6) is -13.6. The molecule has 1 saturated heterocycles. The Morgan fingerprint density at radius 2 is 1.64 bits per heavy atom. The topological polar surface area (TPSA) is 85.2 Å². The van der Waals surface area contributed by atoms with Gasteiger partial charge in [-0.25, -0.2) is 26.7 Å².